The number of hydrogen-bond donors (Lipinski definition) is 2. The zero-order chi connectivity index (χ0) is 14.6. The molecule has 0 aliphatic heterocycles. The van der Waals surface area contributed by atoms with Crippen LogP contribution >= 0.6 is 0 Å². The van der Waals surface area contributed by atoms with E-state index in [2.05, 4.69) is 29.2 Å². The summed E-state index contributed by atoms with van der Waals surface area (Å²) in [6.45, 7) is 4.95. The third-order valence-corrected chi connectivity index (χ3v) is 3.74. The molecule has 0 radical (unpaired) electrons. The number of anilines is 1. The molecule has 0 aromatic carbocycles. The molecular formula is C14H24N4O2. The largest absolute Gasteiger partial charge is 0.474 e. The van der Waals surface area contributed by atoms with Crippen molar-refractivity contribution >= 4 is 5.82 Å². The fraction of sp³-hybridized carbons (Fsp3) is 0.714. The van der Waals surface area contributed by atoms with Gasteiger partial charge in [0.15, 0.2) is 5.82 Å². The Kier molecular flexibility index (Phi) is 4.77. The van der Waals surface area contributed by atoms with Gasteiger partial charge in [-0.15, -0.1) is 0 Å². The lowest BCUT2D eigenvalue weighted by Gasteiger charge is -2.34. The molecule has 1 aromatic rings. The fourth-order valence-electron chi connectivity index (χ4n) is 2.46. The third kappa shape index (κ3) is 4.05. The van der Waals surface area contributed by atoms with Crippen LogP contribution in [-0.2, 0) is 11.3 Å². The van der Waals surface area contributed by atoms with E-state index in [0.717, 1.165) is 12.8 Å². The van der Waals surface area contributed by atoms with Gasteiger partial charge in [0.2, 0.25) is 5.88 Å². The highest BCUT2D eigenvalue weighted by molar-refractivity contribution is 5.37. The minimum absolute atomic E-state index is 0.221. The second kappa shape index (κ2) is 6.37. The molecular weight excluding hydrogens is 256 g/mol. The number of nitrogen functional groups attached to an aromatic ring is 1. The lowest BCUT2D eigenvalue weighted by Crippen LogP contribution is -2.28. The van der Waals surface area contributed by atoms with E-state index >= 15 is 0 Å². The van der Waals surface area contributed by atoms with Gasteiger partial charge in [-0.05, 0) is 31.1 Å². The average molecular weight is 280 g/mol. The van der Waals surface area contributed by atoms with Gasteiger partial charge in [-0.25, -0.2) is 10.8 Å². The van der Waals surface area contributed by atoms with E-state index in [1.165, 1.54) is 12.8 Å². The van der Waals surface area contributed by atoms with Crippen molar-refractivity contribution < 1.29 is 9.47 Å². The number of rotatable bonds is 5. The molecule has 0 atom stereocenters. The van der Waals surface area contributed by atoms with Crippen LogP contribution in [0.5, 0.6) is 5.88 Å². The molecule has 1 aliphatic carbocycles. The number of methoxy groups -OCH3 is 1. The Labute approximate surface area is 120 Å². The molecule has 1 aliphatic rings. The lowest BCUT2D eigenvalue weighted by atomic mass is 9.76. The summed E-state index contributed by atoms with van der Waals surface area (Å²) in [5.74, 6) is 7.08. The van der Waals surface area contributed by atoms with E-state index in [0.29, 0.717) is 29.5 Å². The summed E-state index contributed by atoms with van der Waals surface area (Å²) in [6.07, 6.45) is 4.69. The maximum absolute atomic E-state index is 5.98. The van der Waals surface area contributed by atoms with Crippen LogP contribution in [0.15, 0.2) is 6.07 Å². The van der Waals surface area contributed by atoms with Crippen LogP contribution < -0.4 is 16.0 Å². The molecule has 0 amide bonds. The highest BCUT2D eigenvalue weighted by Gasteiger charge is 2.28. The third-order valence-electron chi connectivity index (χ3n) is 3.74. The summed E-state index contributed by atoms with van der Waals surface area (Å²) in [4.78, 5) is 8.55. The van der Waals surface area contributed by atoms with Gasteiger partial charge >= 0.3 is 0 Å². The normalized spacial score (nSPS) is 18.8. The van der Waals surface area contributed by atoms with Crippen LogP contribution in [0, 0.1) is 5.41 Å². The minimum Gasteiger partial charge on any atom is -0.474 e. The molecule has 1 saturated carbocycles. The molecule has 20 heavy (non-hydrogen) atoms. The van der Waals surface area contributed by atoms with E-state index in [1.54, 1.807) is 13.2 Å². The first-order valence-corrected chi connectivity index (χ1v) is 7.02. The quantitative estimate of drug-likeness (QED) is 0.636. The summed E-state index contributed by atoms with van der Waals surface area (Å²) in [7, 11) is 1.61. The molecule has 1 fully saturated rings. The Morgan fingerprint density at radius 1 is 1.35 bits per heavy atom. The van der Waals surface area contributed by atoms with Gasteiger partial charge < -0.3 is 14.9 Å². The summed E-state index contributed by atoms with van der Waals surface area (Å²) < 4.78 is 11.0. The van der Waals surface area contributed by atoms with Crippen molar-refractivity contribution in [2.75, 3.05) is 12.5 Å². The zero-order valence-corrected chi connectivity index (χ0v) is 12.5. The summed E-state index contributed by atoms with van der Waals surface area (Å²) >= 11 is 0. The molecule has 0 saturated heterocycles. The first-order chi connectivity index (χ1) is 9.52. The number of hydrazine groups is 1. The maximum Gasteiger partial charge on any atom is 0.219 e. The smallest absolute Gasteiger partial charge is 0.219 e. The van der Waals surface area contributed by atoms with Crippen molar-refractivity contribution in [2.24, 2.45) is 11.3 Å². The highest BCUT2D eigenvalue weighted by atomic mass is 16.5. The van der Waals surface area contributed by atoms with Crippen LogP contribution in [0.25, 0.3) is 0 Å². The van der Waals surface area contributed by atoms with E-state index in [9.17, 15) is 0 Å². The second-order valence-corrected chi connectivity index (χ2v) is 6.07. The molecule has 0 bridgehead atoms. The van der Waals surface area contributed by atoms with Crippen molar-refractivity contribution in [3.8, 4) is 5.88 Å². The van der Waals surface area contributed by atoms with Gasteiger partial charge in [0.1, 0.15) is 18.5 Å². The van der Waals surface area contributed by atoms with Crippen LogP contribution in [0.1, 0.15) is 45.4 Å². The molecule has 1 heterocycles. The van der Waals surface area contributed by atoms with E-state index in [4.69, 9.17) is 15.3 Å². The molecule has 6 heteroatoms. The maximum atomic E-state index is 5.98. The predicted octanol–water partition coefficient (Wildman–Crippen LogP) is 2.26. The first kappa shape index (κ1) is 15.0. The second-order valence-electron chi connectivity index (χ2n) is 6.07. The van der Waals surface area contributed by atoms with Gasteiger partial charge in [-0.3, -0.25) is 0 Å². The van der Waals surface area contributed by atoms with Crippen molar-refractivity contribution in [2.45, 2.75) is 52.2 Å². The summed E-state index contributed by atoms with van der Waals surface area (Å²) in [5.41, 5.74) is 2.96. The van der Waals surface area contributed by atoms with Crippen molar-refractivity contribution in [1.29, 1.82) is 0 Å². The first-order valence-electron chi connectivity index (χ1n) is 7.02. The molecule has 3 N–H and O–H groups in total. The minimum atomic E-state index is 0.221. The number of nitrogens with zero attached hydrogens (tertiary/aromatic N) is 2. The molecule has 6 nitrogen and oxygen atoms in total. The van der Waals surface area contributed by atoms with Crippen molar-refractivity contribution in [1.82, 2.24) is 9.97 Å². The lowest BCUT2D eigenvalue weighted by molar-refractivity contribution is 0.0938. The Morgan fingerprint density at radius 3 is 2.65 bits per heavy atom. The summed E-state index contributed by atoms with van der Waals surface area (Å²) in [6, 6.07) is 1.72. The molecule has 0 spiro atoms. The van der Waals surface area contributed by atoms with E-state index in [1.807, 2.05) is 0 Å². The number of nitrogens with one attached hydrogen (secondary N) is 1. The standard InChI is InChI=1S/C14H24N4O2/c1-14(2)6-4-10(5-7-14)20-13-8-11(18-15)16-12(17-13)9-19-3/h8,10H,4-7,9,15H2,1-3H3,(H,16,17,18). The van der Waals surface area contributed by atoms with Crippen LogP contribution in [0.3, 0.4) is 0 Å². The Morgan fingerprint density at radius 2 is 2.05 bits per heavy atom. The number of hydrogen-bond acceptors (Lipinski definition) is 6. The van der Waals surface area contributed by atoms with Gasteiger partial charge in [-0.2, -0.15) is 4.98 Å². The van der Waals surface area contributed by atoms with Crippen LogP contribution in [-0.4, -0.2) is 23.2 Å². The predicted molar refractivity (Wildman–Crippen MR) is 77.2 cm³/mol. The number of nitrogens with two attached hydrogens (primary N) is 1. The van der Waals surface area contributed by atoms with Crippen molar-refractivity contribution in [3.63, 3.8) is 0 Å². The number of ether oxygens (including phenoxy) is 2. The number of aromatic nitrogens is 2. The SMILES string of the molecule is COCc1nc(NN)cc(OC2CCC(C)(C)CC2)n1. The van der Waals surface area contributed by atoms with E-state index in [-0.39, 0.29) is 6.10 Å². The molecule has 0 unspecified atom stereocenters. The van der Waals surface area contributed by atoms with Gasteiger partial charge in [0, 0.05) is 13.2 Å². The van der Waals surface area contributed by atoms with Gasteiger partial charge in [-0.1, -0.05) is 13.8 Å². The molecule has 112 valence electrons. The van der Waals surface area contributed by atoms with E-state index < -0.39 is 0 Å². The Hall–Kier alpha value is -1.40. The monoisotopic (exact) mass is 280 g/mol. The van der Waals surface area contributed by atoms with Gasteiger partial charge in [0.25, 0.3) is 0 Å². The molecule has 2 rings (SSSR count). The fourth-order valence-corrected chi connectivity index (χ4v) is 2.46. The van der Waals surface area contributed by atoms with Crippen molar-refractivity contribution in [3.05, 3.63) is 11.9 Å². The highest BCUT2D eigenvalue weighted by Crippen LogP contribution is 2.36. The summed E-state index contributed by atoms with van der Waals surface area (Å²) in [5, 5.41) is 0. The zero-order valence-electron chi connectivity index (χ0n) is 12.5. The topological polar surface area (TPSA) is 82.3 Å². The Bertz CT molecular complexity index is 441. The Balaban J connectivity index is 2.03. The van der Waals surface area contributed by atoms with Crippen LogP contribution in [0.4, 0.5) is 5.82 Å². The van der Waals surface area contributed by atoms with Crippen LogP contribution in [0.2, 0.25) is 0 Å². The average Bonchev–Trinajstić information content (AvgIpc) is 2.41. The van der Waals surface area contributed by atoms with Gasteiger partial charge in [0.05, 0.1) is 0 Å². The molecule has 1 aromatic heterocycles.